The van der Waals surface area contributed by atoms with Crippen molar-refractivity contribution >= 4 is 54.5 Å². The maximum atomic E-state index is 4.75. The lowest BCUT2D eigenvalue weighted by atomic mass is 10.0. The van der Waals surface area contributed by atoms with Gasteiger partial charge in [0.1, 0.15) is 0 Å². The molecule has 0 atom stereocenters. The molecule has 0 saturated heterocycles. The Labute approximate surface area is 242 Å². The van der Waals surface area contributed by atoms with Crippen molar-refractivity contribution < 1.29 is 0 Å². The van der Waals surface area contributed by atoms with Crippen LogP contribution in [0.4, 0.5) is 0 Å². The summed E-state index contributed by atoms with van der Waals surface area (Å²) in [6.07, 6.45) is 1.88. The van der Waals surface area contributed by atoms with Crippen molar-refractivity contribution in [3.8, 4) is 22.5 Å². The van der Waals surface area contributed by atoms with E-state index in [1.165, 1.54) is 43.6 Å². The van der Waals surface area contributed by atoms with Crippen molar-refractivity contribution in [3.63, 3.8) is 0 Å². The summed E-state index contributed by atoms with van der Waals surface area (Å²) in [5.41, 5.74) is 10.4. The molecule has 0 saturated carbocycles. The molecule has 0 N–H and O–H groups in total. The molecule has 3 aromatic heterocycles. The Kier molecular flexibility index (Phi) is 4.90. The zero-order valence-electron chi connectivity index (χ0n) is 22.8. The van der Waals surface area contributed by atoms with Gasteiger partial charge in [-0.25, -0.2) is 0 Å². The maximum Gasteiger partial charge on any atom is 0.0788 e. The first-order valence-electron chi connectivity index (χ1n) is 14.3. The Bertz CT molecular complexity index is 2460. The number of fused-ring (bicyclic) bond motifs is 8. The smallest absolute Gasteiger partial charge is 0.0788 e. The van der Waals surface area contributed by atoms with Gasteiger partial charge < -0.3 is 9.13 Å². The monoisotopic (exact) mass is 535 g/mol. The van der Waals surface area contributed by atoms with Gasteiger partial charge in [-0.2, -0.15) is 0 Å². The fourth-order valence-corrected chi connectivity index (χ4v) is 6.76. The molecule has 3 nitrogen and oxygen atoms in total. The van der Waals surface area contributed by atoms with Crippen LogP contribution in [0.25, 0.3) is 77.0 Å². The van der Waals surface area contributed by atoms with Crippen LogP contribution in [0.15, 0.2) is 152 Å². The van der Waals surface area contributed by atoms with Crippen molar-refractivity contribution in [1.82, 2.24) is 14.1 Å². The van der Waals surface area contributed by atoms with E-state index >= 15 is 0 Å². The Hall–Kier alpha value is -5.67. The van der Waals surface area contributed by atoms with Gasteiger partial charge in [0.15, 0.2) is 0 Å². The minimum Gasteiger partial charge on any atom is -0.307 e. The van der Waals surface area contributed by atoms with E-state index in [2.05, 4.69) is 149 Å². The van der Waals surface area contributed by atoms with Crippen molar-refractivity contribution in [3.05, 3.63) is 152 Å². The predicted molar refractivity (Wildman–Crippen MR) is 176 cm³/mol. The Balaban J connectivity index is 1.44. The summed E-state index contributed by atoms with van der Waals surface area (Å²) in [7, 11) is 0. The van der Waals surface area contributed by atoms with Crippen molar-refractivity contribution in [2.45, 2.75) is 0 Å². The van der Waals surface area contributed by atoms with Gasteiger partial charge in [0.05, 0.1) is 27.6 Å². The molecule has 42 heavy (non-hydrogen) atoms. The lowest BCUT2D eigenvalue weighted by Crippen LogP contribution is -1.99. The average molecular weight is 536 g/mol. The molecule has 0 bridgehead atoms. The summed E-state index contributed by atoms with van der Waals surface area (Å²) in [5.74, 6) is 0. The van der Waals surface area contributed by atoms with E-state index in [1.54, 1.807) is 0 Å². The lowest BCUT2D eigenvalue weighted by Gasteiger charge is -2.14. The molecule has 3 heteroatoms. The summed E-state index contributed by atoms with van der Waals surface area (Å²) < 4.78 is 4.88. The highest BCUT2D eigenvalue weighted by Crippen LogP contribution is 2.42. The average Bonchev–Trinajstić information content (AvgIpc) is 3.58. The Morgan fingerprint density at radius 3 is 1.76 bits per heavy atom. The highest BCUT2D eigenvalue weighted by Gasteiger charge is 2.21. The molecule has 0 aliphatic rings. The van der Waals surface area contributed by atoms with Crippen LogP contribution in [-0.4, -0.2) is 14.1 Å². The zero-order chi connectivity index (χ0) is 27.6. The molecule has 0 radical (unpaired) electrons. The maximum absolute atomic E-state index is 4.75. The Morgan fingerprint density at radius 2 is 1.02 bits per heavy atom. The number of rotatable bonds is 3. The van der Waals surface area contributed by atoms with Crippen LogP contribution in [0, 0.1) is 0 Å². The standard InChI is InChI=1S/C39H25N3/c1-2-14-28(15-3-1)41-35-20-6-4-17-31(35)33-22-23-34-32-18-5-7-21-36(32)42(39(34)38(33)41)29-16-8-12-27(25-29)30-19-9-11-26-13-10-24-40-37(26)30/h1-25H. The molecule has 9 rings (SSSR count). The molecular weight excluding hydrogens is 510 g/mol. The Morgan fingerprint density at radius 1 is 0.429 bits per heavy atom. The molecule has 3 heterocycles. The first kappa shape index (κ1) is 23.1. The summed E-state index contributed by atoms with van der Waals surface area (Å²) in [6.45, 7) is 0. The third-order valence-electron chi connectivity index (χ3n) is 8.53. The minimum atomic E-state index is 1.02. The second-order valence-corrected chi connectivity index (χ2v) is 10.8. The van der Waals surface area contributed by atoms with Crippen LogP contribution in [0.3, 0.4) is 0 Å². The van der Waals surface area contributed by atoms with Gasteiger partial charge >= 0.3 is 0 Å². The summed E-state index contributed by atoms with van der Waals surface area (Å²) in [5, 5.41) is 6.14. The number of pyridine rings is 1. The van der Waals surface area contributed by atoms with E-state index < -0.39 is 0 Å². The fourth-order valence-electron chi connectivity index (χ4n) is 6.76. The van der Waals surface area contributed by atoms with E-state index in [0.717, 1.165) is 33.4 Å². The van der Waals surface area contributed by atoms with Gasteiger partial charge in [-0.1, -0.05) is 103 Å². The highest BCUT2D eigenvalue weighted by molar-refractivity contribution is 6.23. The molecule has 196 valence electrons. The number of para-hydroxylation sites is 4. The van der Waals surface area contributed by atoms with Crippen LogP contribution in [-0.2, 0) is 0 Å². The van der Waals surface area contributed by atoms with E-state index in [1.807, 2.05) is 12.3 Å². The van der Waals surface area contributed by atoms with Gasteiger partial charge in [0.2, 0.25) is 0 Å². The molecule has 0 unspecified atom stereocenters. The van der Waals surface area contributed by atoms with Gasteiger partial charge in [0, 0.05) is 50.1 Å². The molecular formula is C39H25N3. The van der Waals surface area contributed by atoms with E-state index in [9.17, 15) is 0 Å². The van der Waals surface area contributed by atoms with Crippen LogP contribution in [0.2, 0.25) is 0 Å². The number of hydrogen-bond donors (Lipinski definition) is 0. The second kappa shape index (κ2) is 8.92. The first-order chi connectivity index (χ1) is 20.9. The molecule has 0 fully saturated rings. The molecule has 0 amide bonds. The fraction of sp³-hybridized carbons (Fsp3) is 0. The normalized spacial score (nSPS) is 11.8. The van der Waals surface area contributed by atoms with Crippen molar-refractivity contribution in [1.29, 1.82) is 0 Å². The SMILES string of the molecule is c1ccc(-n2c3ccccc3c3ccc4c5ccccc5n(-c5cccc(-c6cccc7cccnc67)c5)c4c32)cc1. The van der Waals surface area contributed by atoms with Crippen molar-refractivity contribution in [2.24, 2.45) is 0 Å². The minimum absolute atomic E-state index is 1.02. The van der Waals surface area contributed by atoms with Gasteiger partial charge in [-0.3, -0.25) is 4.98 Å². The number of nitrogens with zero attached hydrogens (tertiary/aromatic N) is 3. The summed E-state index contributed by atoms with van der Waals surface area (Å²) in [4.78, 5) is 4.75. The molecule has 0 aliphatic heterocycles. The number of hydrogen-bond acceptors (Lipinski definition) is 1. The topological polar surface area (TPSA) is 22.8 Å². The van der Waals surface area contributed by atoms with Crippen LogP contribution in [0.1, 0.15) is 0 Å². The highest BCUT2D eigenvalue weighted by atomic mass is 15.0. The number of aromatic nitrogens is 3. The van der Waals surface area contributed by atoms with Crippen LogP contribution >= 0.6 is 0 Å². The second-order valence-electron chi connectivity index (χ2n) is 10.8. The molecule has 9 aromatic rings. The molecule has 0 spiro atoms. The van der Waals surface area contributed by atoms with Gasteiger partial charge in [-0.05, 0) is 48.0 Å². The van der Waals surface area contributed by atoms with Gasteiger partial charge in [0.25, 0.3) is 0 Å². The van der Waals surface area contributed by atoms with Crippen molar-refractivity contribution in [2.75, 3.05) is 0 Å². The van der Waals surface area contributed by atoms with Crippen LogP contribution < -0.4 is 0 Å². The molecule has 6 aromatic carbocycles. The first-order valence-corrected chi connectivity index (χ1v) is 14.3. The third kappa shape index (κ3) is 3.25. The van der Waals surface area contributed by atoms with E-state index in [4.69, 9.17) is 4.98 Å². The van der Waals surface area contributed by atoms with Crippen LogP contribution in [0.5, 0.6) is 0 Å². The largest absolute Gasteiger partial charge is 0.307 e. The zero-order valence-corrected chi connectivity index (χ0v) is 22.8. The van der Waals surface area contributed by atoms with E-state index in [-0.39, 0.29) is 0 Å². The molecule has 0 aliphatic carbocycles. The lowest BCUT2D eigenvalue weighted by molar-refractivity contribution is 1.15. The van der Waals surface area contributed by atoms with E-state index in [0.29, 0.717) is 0 Å². The third-order valence-corrected chi connectivity index (χ3v) is 8.53. The summed E-state index contributed by atoms with van der Waals surface area (Å²) >= 11 is 0. The van der Waals surface area contributed by atoms with Gasteiger partial charge in [-0.15, -0.1) is 0 Å². The summed E-state index contributed by atoms with van der Waals surface area (Å²) in [6, 6.07) is 52.3. The predicted octanol–water partition coefficient (Wildman–Crippen LogP) is 10.1. The number of benzene rings is 6. The quantitative estimate of drug-likeness (QED) is 0.221.